The zero-order valence-corrected chi connectivity index (χ0v) is 7.51. The molecule has 1 rings (SSSR count). The predicted molar refractivity (Wildman–Crippen MR) is 49.1 cm³/mol. The second-order valence-corrected chi connectivity index (χ2v) is 3.05. The smallest absolute Gasteiger partial charge is 0.224 e. The molecule has 0 bridgehead atoms. The molecule has 1 unspecified atom stereocenters. The van der Waals surface area contributed by atoms with Gasteiger partial charge in [-0.3, -0.25) is 4.79 Å². The minimum atomic E-state index is -0.358. The van der Waals surface area contributed by atoms with E-state index < -0.39 is 0 Å². The Hall–Kier alpha value is -1.02. The third kappa shape index (κ3) is 1.77. The topological polar surface area (TPSA) is 43.1 Å². The normalized spacial score (nSPS) is 12.5. The fourth-order valence-electron chi connectivity index (χ4n) is 0.980. The second-order valence-electron chi connectivity index (χ2n) is 2.65. The maximum atomic E-state index is 10.8. The lowest BCUT2D eigenvalue weighted by Gasteiger charge is -2.08. The Bertz CT molecular complexity index is 298. The van der Waals surface area contributed by atoms with Crippen LogP contribution in [0, 0.1) is 0 Å². The van der Waals surface area contributed by atoms with Crippen LogP contribution in [0.2, 0.25) is 5.02 Å². The van der Waals surface area contributed by atoms with E-state index in [1.807, 2.05) is 12.1 Å². The molecule has 0 saturated carbocycles. The molecule has 1 aromatic rings. The van der Waals surface area contributed by atoms with Crippen molar-refractivity contribution in [2.45, 2.75) is 12.8 Å². The highest BCUT2D eigenvalue weighted by Crippen LogP contribution is 2.23. The van der Waals surface area contributed by atoms with Crippen LogP contribution >= 0.6 is 11.6 Å². The van der Waals surface area contributed by atoms with Gasteiger partial charge in [0.2, 0.25) is 5.91 Å². The Morgan fingerprint density at radius 1 is 1.50 bits per heavy atom. The predicted octanol–water partition coefficient (Wildman–Crippen LogP) is 1.93. The third-order valence-electron chi connectivity index (χ3n) is 1.80. The summed E-state index contributed by atoms with van der Waals surface area (Å²) in [5.74, 6) is -0.679. The first-order valence-electron chi connectivity index (χ1n) is 3.66. The van der Waals surface area contributed by atoms with Gasteiger partial charge in [0.05, 0.1) is 5.92 Å². The number of hydrogen-bond donors (Lipinski definition) is 1. The second kappa shape index (κ2) is 3.59. The Morgan fingerprint density at radius 2 is 2.08 bits per heavy atom. The average molecular weight is 184 g/mol. The van der Waals surface area contributed by atoms with Crippen molar-refractivity contribution in [2.24, 2.45) is 5.73 Å². The van der Waals surface area contributed by atoms with Crippen molar-refractivity contribution in [2.75, 3.05) is 0 Å². The first-order valence-corrected chi connectivity index (χ1v) is 4.04. The summed E-state index contributed by atoms with van der Waals surface area (Å²) in [5, 5.41) is 0.587. The van der Waals surface area contributed by atoms with Gasteiger partial charge in [0.1, 0.15) is 0 Å². The van der Waals surface area contributed by atoms with Gasteiger partial charge >= 0.3 is 0 Å². The van der Waals surface area contributed by atoms with Crippen LogP contribution in [0.5, 0.6) is 0 Å². The Kier molecular flexibility index (Phi) is 2.71. The summed E-state index contributed by atoms with van der Waals surface area (Å²) in [6.45, 7) is 1.74. The molecule has 0 heterocycles. The van der Waals surface area contributed by atoms with Gasteiger partial charge in [0, 0.05) is 5.02 Å². The van der Waals surface area contributed by atoms with E-state index in [-0.39, 0.29) is 11.8 Å². The largest absolute Gasteiger partial charge is 0.369 e. The van der Waals surface area contributed by atoms with E-state index in [4.69, 9.17) is 17.3 Å². The molecule has 0 saturated heterocycles. The van der Waals surface area contributed by atoms with Gasteiger partial charge < -0.3 is 5.73 Å². The highest BCUT2D eigenvalue weighted by molar-refractivity contribution is 6.31. The number of halogens is 1. The standard InChI is InChI=1S/C9H10ClNO/c1-6(9(11)12)7-4-2-3-5-8(7)10/h2-6H,1H3,(H2,11,12). The molecular weight excluding hydrogens is 174 g/mol. The molecule has 64 valence electrons. The zero-order valence-electron chi connectivity index (χ0n) is 6.75. The fraction of sp³-hybridized carbons (Fsp3) is 0.222. The minimum absolute atomic E-state index is 0.321. The van der Waals surface area contributed by atoms with E-state index in [0.717, 1.165) is 5.56 Å². The summed E-state index contributed by atoms with van der Waals surface area (Å²) in [6.07, 6.45) is 0. The molecule has 0 aromatic heterocycles. The molecule has 0 fully saturated rings. The summed E-state index contributed by atoms with van der Waals surface area (Å²) < 4.78 is 0. The quantitative estimate of drug-likeness (QED) is 0.748. The maximum absolute atomic E-state index is 10.8. The van der Waals surface area contributed by atoms with Crippen molar-refractivity contribution >= 4 is 17.5 Å². The first-order chi connectivity index (χ1) is 5.63. The number of carbonyl (C=O) groups excluding carboxylic acids is 1. The van der Waals surface area contributed by atoms with Gasteiger partial charge in [-0.25, -0.2) is 0 Å². The lowest BCUT2D eigenvalue weighted by Crippen LogP contribution is -2.18. The zero-order chi connectivity index (χ0) is 9.14. The van der Waals surface area contributed by atoms with E-state index in [0.29, 0.717) is 5.02 Å². The summed E-state index contributed by atoms with van der Waals surface area (Å²) in [6, 6.07) is 7.20. The summed E-state index contributed by atoms with van der Waals surface area (Å²) in [4.78, 5) is 10.8. The Morgan fingerprint density at radius 3 is 2.58 bits per heavy atom. The van der Waals surface area contributed by atoms with Crippen molar-refractivity contribution in [3.05, 3.63) is 34.9 Å². The van der Waals surface area contributed by atoms with E-state index >= 15 is 0 Å². The molecule has 0 aliphatic heterocycles. The molecule has 2 N–H and O–H groups in total. The number of amides is 1. The van der Waals surface area contributed by atoms with Crippen LogP contribution in [-0.2, 0) is 4.79 Å². The molecule has 0 spiro atoms. The molecule has 0 radical (unpaired) electrons. The highest BCUT2D eigenvalue weighted by Gasteiger charge is 2.13. The van der Waals surface area contributed by atoms with E-state index in [1.165, 1.54) is 0 Å². The molecule has 12 heavy (non-hydrogen) atoms. The van der Waals surface area contributed by atoms with Crippen LogP contribution in [0.4, 0.5) is 0 Å². The van der Waals surface area contributed by atoms with Gasteiger partial charge in [-0.05, 0) is 18.6 Å². The van der Waals surface area contributed by atoms with E-state index in [1.54, 1.807) is 19.1 Å². The molecule has 0 aliphatic rings. The number of hydrogen-bond acceptors (Lipinski definition) is 1. The number of carbonyl (C=O) groups is 1. The maximum Gasteiger partial charge on any atom is 0.224 e. The molecule has 1 amide bonds. The van der Waals surface area contributed by atoms with Crippen LogP contribution < -0.4 is 5.73 Å². The van der Waals surface area contributed by atoms with Crippen LogP contribution in [0.15, 0.2) is 24.3 Å². The van der Waals surface area contributed by atoms with Gasteiger partial charge in [-0.15, -0.1) is 0 Å². The highest BCUT2D eigenvalue weighted by atomic mass is 35.5. The SMILES string of the molecule is CC(C(N)=O)c1ccccc1Cl. The Balaban J connectivity index is 3.02. The Labute approximate surface area is 76.3 Å². The van der Waals surface area contributed by atoms with Crippen LogP contribution in [0.1, 0.15) is 18.4 Å². The lowest BCUT2D eigenvalue weighted by atomic mass is 10.0. The molecule has 1 atom stereocenters. The van der Waals surface area contributed by atoms with Crippen LogP contribution in [-0.4, -0.2) is 5.91 Å². The lowest BCUT2D eigenvalue weighted by molar-refractivity contribution is -0.119. The van der Waals surface area contributed by atoms with Gasteiger partial charge in [-0.2, -0.15) is 0 Å². The average Bonchev–Trinajstić information content (AvgIpc) is 2.04. The first kappa shape index (κ1) is 9.07. The summed E-state index contributed by atoms with van der Waals surface area (Å²) >= 11 is 5.86. The third-order valence-corrected chi connectivity index (χ3v) is 2.14. The van der Waals surface area contributed by atoms with Crippen molar-refractivity contribution in [3.8, 4) is 0 Å². The number of benzene rings is 1. The summed E-state index contributed by atoms with van der Waals surface area (Å²) in [5.41, 5.74) is 5.92. The van der Waals surface area contributed by atoms with Crippen LogP contribution in [0.25, 0.3) is 0 Å². The van der Waals surface area contributed by atoms with E-state index in [2.05, 4.69) is 0 Å². The molecular formula is C9H10ClNO. The summed E-state index contributed by atoms with van der Waals surface area (Å²) in [7, 11) is 0. The van der Waals surface area contributed by atoms with Gasteiger partial charge in [0.25, 0.3) is 0 Å². The minimum Gasteiger partial charge on any atom is -0.369 e. The van der Waals surface area contributed by atoms with Crippen molar-refractivity contribution in [3.63, 3.8) is 0 Å². The number of rotatable bonds is 2. The van der Waals surface area contributed by atoms with Gasteiger partial charge in [0.15, 0.2) is 0 Å². The number of nitrogens with two attached hydrogens (primary N) is 1. The monoisotopic (exact) mass is 183 g/mol. The van der Waals surface area contributed by atoms with Crippen molar-refractivity contribution < 1.29 is 4.79 Å². The molecule has 0 aliphatic carbocycles. The molecule has 2 nitrogen and oxygen atoms in total. The van der Waals surface area contributed by atoms with Gasteiger partial charge in [-0.1, -0.05) is 29.8 Å². The molecule has 3 heteroatoms. The molecule has 1 aromatic carbocycles. The van der Waals surface area contributed by atoms with Crippen molar-refractivity contribution in [1.82, 2.24) is 0 Å². The van der Waals surface area contributed by atoms with Crippen LogP contribution in [0.3, 0.4) is 0 Å². The van der Waals surface area contributed by atoms with E-state index in [9.17, 15) is 4.79 Å². The number of primary amides is 1. The van der Waals surface area contributed by atoms with Crippen molar-refractivity contribution in [1.29, 1.82) is 0 Å². The fourth-order valence-corrected chi connectivity index (χ4v) is 1.28.